The van der Waals surface area contributed by atoms with Gasteiger partial charge in [0.05, 0.1) is 4.90 Å². The molecule has 0 bridgehead atoms. The van der Waals surface area contributed by atoms with Crippen molar-refractivity contribution in [3.63, 3.8) is 0 Å². The molecule has 0 spiro atoms. The van der Waals surface area contributed by atoms with Crippen molar-refractivity contribution in [2.24, 2.45) is 0 Å². The third-order valence-electron chi connectivity index (χ3n) is 5.64. The zero-order valence-corrected chi connectivity index (χ0v) is 24.5. The normalized spacial score (nSPS) is 19.2. The van der Waals surface area contributed by atoms with Gasteiger partial charge < -0.3 is 8.92 Å². The van der Waals surface area contributed by atoms with Crippen LogP contribution in [0.3, 0.4) is 0 Å². The number of rotatable bonds is 7. The first-order chi connectivity index (χ1) is 16.7. The number of fused-ring (bicyclic) bond motifs is 1. The summed E-state index contributed by atoms with van der Waals surface area (Å²) < 4.78 is 66.8. The molecule has 0 saturated carbocycles. The third-order valence-corrected chi connectivity index (χ3v) is 9.60. The van der Waals surface area contributed by atoms with Crippen LogP contribution in [0.4, 0.5) is 0 Å². The summed E-state index contributed by atoms with van der Waals surface area (Å²) in [6, 6.07) is 17.4. The number of hydrogen-bond acceptors (Lipinski definition) is 7. The molecule has 11 heteroatoms. The fourth-order valence-corrected chi connectivity index (χ4v) is 7.48. The maximum atomic E-state index is 12.7. The summed E-state index contributed by atoms with van der Waals surface area (Å²) in [4.78, 5) is 0.110. The topological polar surface area (TPSA) is 96.0 Å². The predicted molar refractivity (Wildman–Crippen MR) is 143 cm³/mol. The fraction of sp³-hybridized carbons (Fsp3) is 0.280. The molecule has 192 valence electrons. The lowest BCUT2D eigenvalue weighted by atomic mass is 9.93. The molecule has 1 atom stereocenters. The standard InChI is InChI=1S/C25H24Br2O7S2/c1-17-4-9-20(10-5-17)35(28,29)32-16-24(3)15-25(26,27)22-14-19(8-13-23(22)33-24)34-36(30,31)21-11-6-18(2)7-12-21/h4-14H,15-16H2,1-3H3/t24-/m0/s1. The van der Waals surface area contributed by atoms with Crippen LogP contribution in [-0.2, 0) is 27.7 Å². The molecule has 3 aromatic rings. The molecule has 0 aliphatic carbocycles. The minimum Gasteiger partial charge on any atom is -0.485 e. The van der Waals surface area contributed by atoms with E-state index in [0.29, 0.717) is 11.3 Å². The Morgan fingerprint density at radius 1 is 0.833 bits per heavy atom. The maximum Gasteiger partial charge on any atom is 0.339 e. The molecular formula is C25H24Br2O7S2. The second-order valence-electron chi connectivity index (χ2n) is 8.97. The second kappa shape index (κ2) is 9.75. The van der Waals surface area contributed by atoms with Crippen molar-refractivity contribution in [2.75, 3.05) is 6.61 Å². The summed E-state index contributed by atoms with van der Waals surface area (Å²) >= 11 is 7.27. The van der Waals surface area contributed by atoms with Crippen LogP contribution in [0.2, 0.25) is 0 Å². The van der Waals surface area contributed by atoms with Gasteiger partial charge in [0.1, 0.15) is 31.8 Å². The van der Waals surface area contributed by atoms with E-state index in [1.54, 1.807) is 43.3 Å². The second-order valence-corrected chi connectivity index (χ2v) is 15.9. The molecule has 1 aliphatic heterocycles. The number of alkyl halides is 2. The first-order valence-corrected chi connectivity index (χ1v) is 15.3. The maximum absolute atomic E-state index is 12.7. The number of benzene rings is 3. The van der Waals surface area contributed by atoms with E-state index in [-0.39, 0.29) is 28.6 Å². The lowest BCUT2D eigenvalue weighted by Crippen LogP contribution is -2.45. The SMILES string of the molecule is Cc1ccc(S(=O)(=O)OC[C@]2(C)CC(Br)(Br)c3cc(OS(=O)(=O)c4ccc(C)cc4)ccc3O2)cc1. The lowest BCUT2D eigenvalue weighted by Gasteiger charge is -2.41. The highest BCUT2D eigenvalue weighted by Crippen LogP contribution is 2.54. The predicted octanol–water partition coefficient (Wildman–Crippen LogP) is 5.96. The first kappa shape index (κ1) is 27.1. The van der Waals surface area contributed by atoms with Crippen molar-refractivity contribution in [3.8, 4) is 11.5 Å². The quantitative estimate of drug-likeness (QED) is 0.228. The molecule has 0 unspecified atom stereocenters. The number of aryl methyl sites for hydroxylation is 2. The van der Waals surface area contributed by atoms with Gasteiger partial charge in [-0.25, -0.2) is 0 Å². The molecule has 3 aromatic carbocycles. The van der Waals surface area contributed by atoms with E-state index in [2.05, 4.69) is 31.9 Å². The van der Waals surface area contributed by atoms with Gasteiger partial charge in [-0.15, -0.1) is 0 Å². The zero-order valence-electron chi connectivity index (χ0n) is 19.7. The molecule has 7 nitrogen and oxygen atoms in total. The highest BCUT2D eigenvalue weighted by atomic mass is 79.9. The third kappa shape index (κ3) is 5.96. The van der Waals surface area contributed by atoms with Crippen LogP contribution in [0.5, 0.6) is 11.5 Å². The Morgan fingerprint density at radius 2 is 1.36 bits per heavy atom. The van der Waals surface area contributed by atoms with E-state index in [9.17, 15) is 16.8 Å². The fourth-order valence-electron chi connectivity index (χ4n) is 3.74. The summed E-state index contributed by atoms with van der Waals surface area (Å²) in [5.74, 6) is 0.539. The highest BCUT2D eigenvalue weighted by Gasteiger charge is 2.46. The molecular weight excluding hydrogens is 636 g/mol. The average Bonchev–Trinajstić information content (AvgIpc) is 2.78. The van der Waals surface area contributed by atoms with Crippen molar-refractivity contribution in [1.29, 1.82) is 0 Å². The Hall–Kier alpha value is -1.92. The lowest BCUT2D eigenvalue weighted by molar-refractivity contribution is 0.0168. The number of halogens is 2. The monoisotopic (exact) mass is 658 g/mol. The van der Waals surface area contributed by atoms with Gasteiger partial charge in [-0.2, -0.15) is 16.8 Å². The van der Waals surface area contributed by atoms with E-state index in [1.807, 2.05) is 13.8 Å². The van der Waals surface area contributed by atoms with E-state index in [0.717, 1.165) is 11.1 Å². The largest absolute Gasteiger partial charge is 0.485 e. The van der Waals surface area contributed by atoms with Crippen LogP contribution in [0, 0.1) is 13.8 Å². The smallest absolute Gasteiger partial charge is 0.339 e. The molecule has 0 N–H and O–H groups in total. The van der Waals surface area contributed by atoms with Gasteiger partial charge in [0, 0.05) is 12.0 Å². The van der Waals surface area contributed by atoms with Gasteiger partial charge in [-0.1, -0.05) is 67.3 Å². The van der Waals surface area contributed by atoms with Gasteiger partial charge in [-0.05, 0) is 63.2 Å². The van der Waals surface area contributed by atoms with Crippen LogP contribution in [0.15, 0.2) is 76.5 Å². The minimum atomic E-state index is -4.03. The minimum absolute atomic E-state index is 0.0468. The molecule has 36 heavy (non-hydrogen) atoms. The van der Waals surface area contributed by atoms with Gasteiger partial charge in [0.2, 0.25) is 0 Å². The number of hydrogen-bond donors (Lipinski definition) is 0. The molecule has 0 saturated heterocycles. The van der Waals surface area contributed by atoms with Gasteiger partial charge in [-0.3, -0.25) is 4.18 Å². The summed E-state index contributed by atoms with van der Waals surface area (Å²) in [7, 11) is -8.01. The Morgan fingerprint density at radius 3 is 1.92 bits per heavy atom. The van der Waals surface area contributed by atoms with E-state index in [4.69, 9.17) is 13.1 Å². The molecule has 1 heterocycles. The molecule has 0 aromatic heterocycles. The van der Waals surface area contributed by atoms with Gasteiger partial charge >= 0.3 is 10.1 Å². The summed E-state index contributed by atoms with van der Waals surface area (Å²) in [5.41, 5.74) is 1.44. The van der Waals surface area contributed by atoms with Gasteiger partial charge in [0.25, 0.3) is 10.1 Å². The van der Waals surface area contributed by atoms with E-state index in [1.165, 1.54) is 30.3 Å². The zero-order chi connectivity index (χ0) is 26.4. The van der Waals surface area contributed by atoms with Crippen LogP contribution in [0.1, 0.15) is 30.0 Å². The Labute approximate surface area is 228 Å². The van der Waals surface area contributed by atoms with E-state index < -0.39 is 29.1 Å². The van der Waals surface area contributed by atoms with Crippen LogP contribution < -0.4 is 8.92 Å². The highest BCUT2D eigenvalue weighted by molar-refractivity contribution is 9.24. The van der Waals surface area contributed by atoms with Crippen LogP contribution in [0.25, 0.3) is 0 Å². The molecule has 0 radical (unpaired) electrons. The van der Waals surface area contributed by atoms with Crippen LogP contribution in [-0.4, -0.2) is 29.0 Å². The Balaban J connectivity index is 1.54. The molecule has 0 fully saturated rings. The van der Waals surface area contributed by atoms with Crippen LogP contribution >= 0.6 is 31.9 Å². The van der Waals surface area contributed by atoms with E-state index >= 15 is 0 Å². The first-order valence-electron chi connectivity index (χ1n) is 10.9. The van der Waals surface area contributed by atoms with Crippen molar-refractivity contribution in [3.05, 3.63) is 83.4 Å². The van der Waals surface area contributed by atoms with Gasteiger partial charge in [0.15, 0.2) is 0 Å². The summed E-state index contributed by atoms with van der Waals surface area (Å²) in [6.07, 6.45) is 0.268. The van der Waals surface area contributed by atoms with Crippen molar-refractivity contribution in [2.45, 2.75) is 45.8 Å². The molecule has 0 amide bonds. The average molecular weight is 660 g/mol. The molecule has 4 rings (SSSR count). The Kier molecular flexibility index (Phi) is 7.35. The Bertz CT molecular complexity index is 1480. The van der Waals surface area contributed by atoms with Crippen molar-refractivity contribution >= 4 is 52.1 Å². The van der Waals surface area contributed by atoms with Crippen molar-refractivity contribution < 1.29 is 29.9 Å². The molecule has 1 aliphatic rings. The summed E-state index contributed by atoms with van der Waals surface area (Å²) in [6.45, 7) is 5.24. The number of ether oxygens (including phenoxy) is 1. The van der Waals surface area contributed by atoms with Crippen molar-refractivity contribution in [1.82, 2.24) is 0 Å². The summed E-state index contributed by atoms with van der Waals surface area (Å²) in [5, 5.41) is 0.